The molecule has 0 bridgehead atoms. The van der Waals surface area contributed by atoms with Gasteiger partial charge in [0.15, 0.2) is 11.5 Å². The Morgan fingerprint density at radius 1 is 1.04 bits per heavy atom. The summed E-state index contributed by atoms with van der Waals surface area (Å²) in [6.07, 6.45) is 1.54. The third kappa shape index (κ3) is 3.08. The molecule has 2 aromatic carbocycles. The Morgan fingerprint density at radius 2 is 1.72 bits per heavy atom. The maximum atomic E-state index is 13.5. The number of nitrogens with one attached hydrogen (secondary N) is 2. The Bertz CT molecular complexity index is 911. The SMILES string of the molecule is COc1cc(NC(=O)c2c[nH]c3ccc(F)cc23)cc(OC)c1OC. The van der Waals surface area contributed by atoms with Crippen LogP contribution in [0, 0.1) is 5.82 Å². The molecule has 7 heteroatoms. The summed E-state index contributed by atoms with van der Waals surface area (Å²) in [5, 5.41) is 3.26. The van der Waals surface area contributed by atoms with E-state index in [1.54, 1.807) is 18.2 Å². The van der Waals surface area contributed by atoms with Crippen LogP contribution in [0.1, 0.15) is 10.4 Å². The second-order valence-electron chi connectivity index (χ2n) is 5.26. The lowest BCUT2D eigenvalue weighted by atomic mass is 10.1. The fraction of sp³-hybridized carbons (Fsp3) is 0.167. The summed E-state index contributed by atoms with van der Waals surface area (Å²) >= 11 is 0. The average Bonchev–Trinajstić information content (AvgIpc) is 3.03. The number of carbonyl (C=O) groups excluding carboxylic acids is 1. The van der Waals surface area contributed by atoms with Crippen LogP contribution in [0.25, 0.3) is 10.9 Å². The quantitative estimate of drug-likeness (QED) is 0.742. The van der Waals surface area contributed by atoms with E-state index in [-0.39, 0.29) is 5.91 Å². The smallest absolute Gasteiger partial charge is 0.257 e. The molecule has 0 unspecified atom stereocenters. The number of anilines is 1. The van der Waals surface area contributed by atoms with E-state index in [0.717, 1.165) is 0 Å². The van der Waals surface area contributed by atoms with Gasteiger partial charge in [0.2, 0.25) is 5.75 Å². The molecule has 0 saturated carbocycles. The number of halogens is 1. The van der Waals surface area contributed by atoms with Crippen LogP contribution in [-0.4, -0.2) is 32.2 Å². The van der Waals surface area contributed by atoms with Crippen molar-refractivity contribution in [3.63, 3.8) is 0 Å². The lowest BCUT2D eigenvalue weighted by Crippen LogP contribution is -2.12. The first kappa shape index (κ1) is 16.6. The number of benzene rings is 2. The van der Waals surface area contributed by atoms with Crippen molar-refractivity contribution in [1.82, 2.24) is 4.98 Å². The van der Waals surface area contributed by atoms with E-state index in [1.807, 2.05) is 0 Å². The highest BCUT2D eigenvalue weighted by Crippen LogP contribution is 2.40. The molecule has 0 spiro atoms. The third-order valence-electron chi connectivity index (χ3n) is 3.81. The van der Waals surface area contributed by atoms with Gasteiger partial charge < -0.3 is 24.5 Å². The summed E-state index contributed by atoms with van der Waals surface area (Å²) in [6, 6.07) is 7.47. The van der Waals surface area contributed by atoms with E-state index >= 15 is 0 Å². The van der Waals surface area contributed by atoms with Crippen LogP contribution < -0.4 is 19.5 Å². The zero-order chi connectivity index (χ0) is 18.0. The minimum absolute atomic E-state index is 0.336. The molecule has 0 aliphatic rings. The Kier molecular flexibility index (Phi) is 4.47. The van der Waals surface area contributed by atoms with E-state index < -0.39 is 5.82 Å². The van der Waals surface area contributed by atoms with E-state index in [1.165, 1.54) is 39.7 Å². The molecule has 1 amide bonds. The minimum Gasteiger partial charge on any atom is -0.493 e. The molecule has 0 radical (unpaired) electrons. The molecule has 0 fully saturated rings. The molecule has 25 heavy (non-hydrogen) atoms. The molecule has 1 heterocycles. The largest absolute Gasteiger partial charge is 0.493 e. The molecule has 3 aromatic rings. The number of hydrogen-bond donors (Lipinski definition) is 2. The van der Waals surface area contributed by atoms with Gasteiger partial charge in [0.05, 0.1) is 26.9 Å². The van der Waals surface area contributed by atoms with Crippen molar-refractivity contribution < 1.29 is 23.4 Å². The van der Waals surface area contributed by atoms with Gasteiger partial charge in [-0.05, 0) is 18.2 Å². The van der Waals surface area contributed by atoms with E-state index in [4.69, 9.17) is 14.2 Å². The van der Waals surface area contributed by atoms with Crippen molar-refractivity contribution >= 4 is 22.5 Å². The van der Waals surface area contributed by atoms with Gasteiger partial charge in [-0.3, -0.25) is 4.79 Å². The molecule has 0 saturated heterocycles. The van der Waals surface area contributed by atoms with Gasteiger partial charge in [-0.2, -0.15) is 0 Å². The highest BCUT2D eigenvalue weighted by Gasteiger charge is 2.17. The molecule has 3 rings (SSSR count). The van der Waals surface area contributed by atoms with E-state index in [0.29, 0.717) is 39.4 Å². The number of H-pyrrole nitrogens is 1. The Morgan fingerprint density at radius 3 is 2.32 bits per heavy atom. The first-order valence-electron chi connectivity index (χ1n) is 7.45. The molecule has 2 N–H and O–H groups in total. The number of aromatic nitrogens is 1. The van der Waals surface area contributed by atoms with Gasteiger partial charge >= 0.3 is 0 Å². The standard InChI is InChI=1S/C18H17FN2O4/c1-23-15-7-11(8-16(24-2)17(15)25-3)21-18(22)13-9-20-14-5-4-10(19)6-12(13)14/h4-9,20H,1-3H3,(H,21,22). The van der Waals surface area contributed by atoms with Gasteiger partial charge in [-0.15, -0.1) is 0 Å². The van der Waals surface area contributed by atoms with Crippen LogP contribution in [0.4, 0.5) is 10.1 Å². The predicted molar refractivity (Wildman–Crippen MR) is 92.3 cm³/mol. The van der Waals surface area contributed by atoms with Crippen LogP contribution in [-0.2, 0) is 0 Å². The van der Waals surface area contributed by atoms with Gasteiger partial charge in [-0.25, -0.2) is 4.39 Å². The lowest BCUT2D eigenvalue weighted by molar-refractivity contribution is 0.102. The number of fused-ring (bicyclic) bond motifs is 1. The number of rotatable bonds is 5. The molecular formula is C18H17FN2O4. The zero-order valence-corrected chi connectivity index (χ0v) is 14.0. The topological polar surface area (TPSA) is 72.6 Å². The second-order valence-corrected chi connectivity index (χ2v) is 5.26. The highest BCUT2D eigenvalue weighted by molar-refractivity contribution is 6.12. The number of hydrogen-bond acceptors (Lipinski definition) is 4. The lowest BCUT2D eigenvalue weighted by Gasteiger charge is -2.14. The van der Waals surface area contributed by atoms with Gasteiger partial charge in [0, 0.05) is 34.9 Å². The maximum absolute atomic E-state index is 13.5. The fourth-order valence-electron chi connectivity index (χ4n) is 2.63. The maximum Gasteiger partial charge on any atom is 0.257 e. The molecule has 0 aliphatic heterocycles. The molecular weight excluding hydrogens is 327 g/mol. The molecule has 0 aliphatic carbocycles. The Hall–Kier alpha value is -3.22. The predicted octanol–water partition coefficient (Wildman–Crippen LogP) is 3.59. The molecule has 1 aromatic heterocycles. The normalized spacial score (nSPS) is 10.6. The summed E-state index contributed by atoms with van der Waals surface area (Å²) < 4.78 is 29.3. The molecule has 0 atom stereocenters. The molecule has 6 nitrogen and oxygen atoms in total. The Balaban J connectivity index is 1.96. The number of ether oxygens (including phenoxy) is 3. The second kappa shape index (κ2) is 6.72. The fourth-order valence-corrected chi connectivity index (χ4v) is 2.63. The first-order chi connectivity index (χ1) is 12.1. The van der Waals surface area contributed by atoms with Crippen molar-refractivity contribution in [1.29, 1.82) is 0 Å². The number of amides is 1. The summed E-state index contributed by atoms with van der Waals surface area (Å²) in [7, 11) is 4.48. The summed E-state index contributed by atoms with van der Waals surface area (Å²) in [5.74, 6) is 0.474. The number of methoxy groups -OCH3 is 3. The third-order valence-corrected chi connectivity index (χ3v) is 3.81. The van der Waals surface area contributed by atoms with Gasteiger partial charge in [-0.1, -0.05) is 0 Å². The van der Waals surface area contributed by atoms with Crippen molar-refractivity contribution in [2.75, 3.05) is 26.6 Å². The van der Waals surface area contributed by atoms with Gasteiger partial charge in [0.1, 0.15) is 5.82 Å². The number of carbonyl (C=O) groups is 1. The highest BCUT2D eigenvalue weighted by atomic mass is 19.1. The minimum atomic E-state index is -0.408. The van der Waals surface area contributed by atoms with Gasteiger partial charge in [0.25, 0.3) is 5.91 Å². The molecule has 130 valence electrons. The van der Waals surface area contributed by atoms with Crippen LogP contribution in [0.2, 0.25) is 0 Å². The van der Waals surface area contributed by atoms with E-state index in [9.17, 15) is 9.18 Å². The van der Waals surface area contributed by atoms with Crippen molar-refractivity contribution in [2.45, 2.75) is 0 Å². The van der Waals surface area contributed by atoms with Crippen molar-refractivity contribution in [3.8, 4) is 17.2 Å². The number of aromatic amines is 1. The van der Waals surface area contributed by atoms with Crippen molar-refractivity contribution in [3.05, 3.63) is 47.9 Å². The summed E-state index contributed by atoms with van der Waals surface area (Å²) in [6.45, 7) is 0. The average molecular weight is 344 g/mol. The van der Waals surface area contributed by atoms with Crippen LogP contribution in [0.5, 0.6) is 17.2 Å². The van der Waals surface area contributed by atoms with Crippen LogP contribution >= 0.6 is 0 Å². The van der Waals surface area contributed by atoms with E-state index in [2.05, 4.69) is 10.3 Å². The Labute approximate surface area is 143 Å². The van der Waals surface area contributed by atoms with Crippen LogP contribution in [0.15, 0.2) is 36.5 Å². The van der Waals surface area contributed by atoms with Crippen LogP contribution in [0.3, 0.4) is 0 Å². The first-order valence-corrected chi connectivity index (χ1v) is 7.45. The monoisotopic (exact) mass is 344 g/mol. The summed E-state index contributed by atoms with van der Waals surface area (Å²) in [4.78, 5) is 15.5. The summed E-state index contributed by atoms with van der Waals surface area (Å²) in [5.41, 5.74) is 1.48. The van der Waals surface area contributed by atoms with Crippen molar-refractivity contribution in [2.24, 2.45) is 0 Å². The zero-order valence-electron chi connectivity index (χ0n) is 14.0.